The topological polar surface area (TPSA) is 82.4 Å². The van der Waals surface area contributed by atoms with Gasteiger partial charge in [-0.2, -0.15) is 0 Å². The summed E-state index contributed by atoms with van der Waals surface area (Å²) in [6.07, 6.45) is 2.82. The summed E-state index contributed by atoms with van der Waals surface area (Å²) in [6.45, 7) is 1.34. The van der Waals surface area contributed by atoms with E-state index in [1.807, 2.05) is 31.3 Å². The molecule has 4 rings (SSSR count). The summed E-state index contributed by atoms with van der Waals surface area (Å²) in [5, 5.41) is 10.8. The molecule has 0 bridgehead atoms. The van der Waals surface area contributed by atoms with Crippen LogP contribution in [-0.4, -0.2) is 39.7 Å². The molecule has 126 valence electrons. The number of rotatable bonds is 4. The highest BCUT2D eigenvalue weighted by atomic mass is 16.3. The number of furan rings is 1. The standard InChI is InChI=1S/C18H21N3O3/c1-21(9-11-5-4-7-13(11)22)10-15-19-16-12-6-2-3-8-14(12)24-17(16)18(23)20-15/h2-3,6,8,11,13,22H,4-5,7,9-10H2,1H3,(H,19,20,23). The van der Waals surface area contributed by atoms with Crippen molar-refractivity contribution in [1.29, 1.82) is 0 Å². The summed E-state index contributed by atoms with van der Waals surface area (Å²) < 4.78 is 5.61. The zero-order chi connectivity index (χ0) is 16.7. The Morgan fingerprint density at radius 1 is 1.38 bits per heavy atom. The van der Waals surface area contributed by atoms with Crippen molar-refractivity contribution in [3.05, 3.63) is 40.4 Å². The van der Waals surface area contributed by atoms with Gasteiger partial charge in [0.15, 0.2) is 0 Å². The van der Waals surface area contributed by atoms with Crippen LogP contribution >= 0.6 is 0 Å². The number of aromatic amines is 1. The highest BCUT2D eigenvalue weighted by molar-refractivity contribution is 6.01. The lowest BCUT2D eigenvalue weighted by Gasteiger charge is -2.22. The Kier molecular flexibility index (Phi) is 3.86. The summed E-state index contributed by atoms with van der Waals surface area (Å²) in [4.78, 5) is 21.8. The van der Waals surface area contributed by atoms with Crippen LogP contribution in [0.15, 0.2) is 33.5 Å². The molecule has 0 radical (unpaired) electrons. The molecule has 0 amide bonds. The molecule has 0 saturated heterocycles. The fourth-order valence-electron chi connectivity index (χ4n) is 3.67. The molecule has 1 aliphatic rings. The van der Waals surface area contributed by atoms with E-state index in [9.17, 15) is 9.90 Å². The fourth-order valence-corrected chi connectivity index (χ4v) is 3.67. The number of hydrogen-bond acceptors (Lipinski definition) is 5. The van der Waals surface area contributed by atoms with Gasteiger partial charge in [-0.25, -0.2) is 4.98 Å². The van der Waals surface area contributed by atoms with E-state index in [-0.39, 0.29) is 17.2 Å². The number of nitrogens with zero attached hydrogens (tertiary/aromatic N) is 2. The molecule has 2 aromatic heterocycles. The lowest BCUT2D eigenvalue weighted by atomic mass is 10.1. The maximum Gasteiger partial charge on any atom is 0.294 e. The summed E-state index contributed by atoms with van der Waals surface area (Å²) in [7, 11) is 1.99. The quantitative estimate of drug-likeness (QED) is 0.768. The highest BCUT2D eigenvalue weighted by Crippen LogP contribution is 2.27. The van der Waals surface area contributed by atoms with Crippen molar-refractivity contribution in [2.24, 2.45) is 5.92 Å². The monoisotopic (exact) mass is 327 g/mol. The molecular formula is C18H21N3O3. The molecule has 1 aromatic carbocycles. The van der Waals surface area contributed by atoms with Gasteiger partial charge in [-0.3, -0.25) is 9.69 Å². The first kappa shape index (κ1) is 15.4. The van der Waals surface area contributed by atoms with Crippen LogP contribution in [-0.2, 0) is 6.54 Å². The minimum Gasteiger partial charge on any atom is -0.449 e. The molecule has 24 heavy (non-hydrogen) atoms. The van der Waals surface area contributed by atoms with Gasteiger partial charge in [-0.15, -0.1) is 0 Å². The van der Waals surface area contributed by atoms with Gasteiger partial charge in [0.2, 0.25) is 5.58 Å². The maximum atomic E-state index is 12.3. The van der Waals surface area contributed by atoms with Crippen molar-refractivity contribution < 1.29 is 9.52 Å². The highest BCUT2D eigenvalue weighted by Gasteiger charge is 2.26. The van der Waals surface area contributed by atoms with Crippen molar-refractivity contribution in [2.45, 2.75) is 31.9 Å². The lowest BCUT2D eigenvalue weighted by Crippen LogP contribution is -2.30. The molecule has 2 unspecified atom stereocenters. The van der Waals surface area contributed by atoms with Crippen molar-refractivity contribution in [1.82, 2.24) is 14.9 Å². The summed E-state index contributed by atoms with van der Waals surface area (Å²) in [5.41, 5.74) is 1.30. The molecule has 1 saturated carbocycles. The first-order valence-electron chi connectivity index (χ1n) is 8.39. The minimum atomic E-state index is -0.250. The third-order valence-electron chi connectivity index (χ3n) is 4.86. The SMILES string of the molecule is CN(Cc1nc2c(oc3ccccc32)c(=O)[nH]1)CC1CCCC1O. The summed E-state index contributed by atoms with van der Waals surface area (Å²) >= 11 is 0. The van der Waals surface area contributed by atoms with Gasteiger partial charge in [-0.1, -0.05) is 18.6 Å². The Hall–Kier alpha value is -2.18. The Morgan fingerprint density at radius 3 is 3.00 bits per heavy atom. The number of para-hydroxylation sites is 1. The Labute approximate surface area is 139 Å². The maximum absolute atomic E-state index is 12.3. The van der Waals surface area contributed by atoms with E-state index in [2.05, 4.69) is 14.9 Å². The largest absolute Gasteiger partial charge is 0.449 e. The second-order valence-electron chi connectivity index (χ2n) is 6.74. The number of aliphatic hydroxyl groups excluding tert-OH is 1. The van der Waals surface area contributed by atoms with E-state index in [0.29, 0.717) is 29.4 Å². The lowest BCUT2D eigenvalue weighted by molar-refractivity contribution is 0.107. The molecule has 6 heteroatoms. The van der Waals surface area contributed by atoms with E-state index in [1.165, 1.54) is 0 Å². The first-order valence-corrected chi connectivity index (χ1v) is 8.39. The van der Waals surface area contributed by atoms with Crippen LogP contribution in [0.2, 0.25) is 0 Å². The zero-order valence-electron chi connectivity index (χ0n) is 13.7. The molecule has 1 fully saturated rings. The number of fused-ring (bicyclic) bond motifs is 3. The predicted molar refractivity (Wildman–Crippen MR) is 91.8 cm³/mol. The molecule has 6 nitrogen and oxygen atoms in total. The average Bonchev–Trinajstić information content (AvgIpc) is 3.12. The molecule has 2 heterocycles. The van der Waals surface area contributed by atoms with E-state index >= 15 is 0 Å². The Bertz CT molecular complexity index is 930. The van der Waals surface area contributed by atoms with Gasteiger partial charge < -0.3 is 14.5 Å². The van der Waals surface area contributed by atoms with Crippen molar-refractivity contribution >= 4 is 22.1 Å². The molecular weight excluding hydrogens is 306 g/mol. The third-order valence-corrected chi connectivity index (χ3v) is 4.86. The second kappa shape index (κ2) is 6.03. The van der Waals surface area contributed by atoms with Crippen LogP contribution < -0.4 is 5.56 Å². The molecule has 3 aromatic rings. The van der Waals surface area contributed by atoms with E-state index in [1.54, 1.807) is 0 Å². The predicted octanol–water partition coefficient (Wildman–Crippen LogP) is 2.26. The number of hydrogen-bond donors (Lipinski definition) is 2. The average molecular weight is 327 g/mol. The Balaban J connectivity index is 1.62. The summed E-state index contributed by atoms with van der Waals surface area (Å²) in [6, 6.07) is 7.54. The molecule has 1 aliphatic carbocycles. The van der Waals surface area contributed by atoms with Crippen LogP contribution in [0.4, 0.5) is 0 Å². The van der Waals surface area contributed by atoms with Crippen LogP contribution in [0, 0.1) is 5.92 Å². The van der Waals surface area contributed by atoms with Crippen molar-refractivity contribution in [3.8, 4) is 0 Å². The first-order chi connectivity index (χ1) is 11.6. The minimum absolute atomic E-state index is 0.209. The molecule has 0 spiro atoms. The zero-order valence-corrected chi connectivity index (χ0v) is 13.7. The molecule has 2 atom stereocenters. The van der Waals surface area contributed by atoms with E-state index in [0.717, 1.165) is 31.2 Å². The smallest absolute Gasteiger partial charge is 0.294 e. The van der Waals surface area contributed by atoms with Gasteiger partial charge in [0.1, 0.15) is 16.9 Å². The fraction of sp³-hybridized carbons (Fsp3) is 0.444. The normalized spacial score (nSPS) is 21.3. The van der Waals surface area contributed by atoms with Crippen molar-refractivity contribution in [2.75, 3.05) is 13.6 Å². The van der Waals surface area contributed by atoms with Crippen LogP contribution in [0.1, 0.15) is 25.1 Å². The number of nitrogens with one attached hydrogen (secondary N) is 1. The van der Waals surface area contributed by atoms with Crippen molar-refractivity contribution in [3.63, 3.8) is 0 Å². The number of benzene rings is 1. The Morgan fingerprint density at radius 2 is 2.21 bits per heavy atom. The van der Waals surface area contributed by atoms with Gasteiger partial charge in [0, 0.05) is 11.9 Å². The third kappa shape index (κ3) is 2.72. The van der Waals surface area contributed by atoms with E-state index in [4.69, 9.17) is 4.42 Å². The van der Waals surface area contributed by atoms with Gasteiger partial charge in [0.05, 0.1) is 12.6 Å². The van der Waals surface area contributed by atoms with Gasteiger partial charge >= 0.3 is 0 Å². The number of aromatic nitrogens is 2. The molecule has 2 N–H and O–H groups in total. The van der Waals surface area contributed by atoms with Gasteiger partial charge in [0.25, 0.3) is 5.56 Å². The molecule has 0 aliphatic heterocycles. The number of H-pyrrole nitrogens is 1. The summed E-state index contributed by atoms with van der Waals surface area (Å²) in [5.74, 6) is 0.925. The van der Waals surface area contributed by atoms with Gasteiger partial charge in [-0.05, 0) is 37.9 Å². The second-order valence-corrected chi connectivity index (χ2v) is 6.74. The van der Waals surface area contributed by atoms with Crippen LogP contribution in [0.25, 0.3) is 22.1 Å². The van der Waals surface area contributed by atoms with Crippen LogP contribution in [0.5, 0.6) is 0 Å². The van der Waals surface area contributed by atoms with Crippen LogP contribution in [0.3, 0.4) is 0 Å². The van der Waals surface area contributed by atoms with E-state index < -0.39 is 0 Å². The number of aliphatic hydroxyl groups is 1.